The van der Waals surface area contributed by atoms with Gasteiger partial charge in [-0.15, -0.1) is 0 Å². The molecule has 0 bridgehead atoms. The van der Waals surface area contributed by atoms with Crippen LogP contribution >= 0.6 is 0 Å². The van der Waals surface area contributed by atoms with Crippen LogP contribution in [0.5, 0.6) is 0 Å². The van der Waals surface area contributed by atoms with Crippen molar-refractivity contribution in [3.8, 4) is 0 Å². The van der Waals surface area contributed by atoms with Crippen molar-refractivity contribution in [1.29, 1.82) is 0 Å². The van der Waals surface area contributed by atoms with E-state index in [1.54, 1.807) is 19.2 Å². The highest BCUT2D eigenvalue weighted by Crippen LogP contribution is 2.24. The lowest BCUT2D eigenvalue weighted by Crippen LogP contribution is -2.36. The lowest BCUT2D eigenvalue weighted by molar-refractivity contribution is -0.122. The van der Waals surface area contributed by atoms with E-state index >= 15 is 0 Å². The molecular formula is C24H28FN5O3. The van der Waals surface area contributed by atoms with Gasteiger partial charge in [0.2, 0.25) is 11.8 Å². The van der Waals surface area contributed by atoms with Gasteiger partial charge in [-0.25, -0.2) is 9.37 Å². The second-order valence-corrected chi connectivity index (χ2v) is 8.81. The predicted molar refractivity (Wildman–Crippen MR) is 123 cm³/mol. The number of hydrogen-bond acceptors (Lipinski definition) is 4. The standard InChI is InChI=1S/C19H18FN5O3.C5H10/c1-10-4-12-2-3-15(26)24-17(12)19(28)25(10)9-16(27)21-6-11-5-13-14(20)8-23-18(13)22-7-11;1-5-3-2-4-5/h4-5,7-8H,2-3,6,9H2,1H3,(H,21,27)(H,22,23)(H,24,26);5H,2-4H2,1H3. The second kappa shape index (κ2) is 9.56. The van der Waals surface area contributed by atoms with Gasteiger partial charge >= 0.3 is 0 Å². The van der Waals surface area contributed by atoms with Crippen LogP contribution in [-0.4, -0.2) is 26.3 Å². The van der Waals surface area contributed by atoms with Crippen molar-refractivity contribution in [2.75, 3.05) is 5.32 Å². The smallest absolute Gasteiger partial charge is 0.275 e. The van der Waals surface area contributed by atoms with Crippen LogP contribution in [0.2, 0.25) is 0 Å². The predicted octanol–water partition coefficient (Wildman–Crippen LogP) is 3.18. The monoisotopic (exact) mass is 453 g/mol. The van der Waals surface area contributed by atoms with E-state index in [9.17, 15) is 18.8 Å². The largest absolute Gasteiger partial charge is 0.350 e. The minimum Gasteiger partial charge on any atom is -0.350 e. The summed E-state index contributed by atoms with van der Waals surface area (Å²) in [7, 11) is 0. The number of aromatic nitrogens is 3. The minimum atomic E-state index is -0.408. The molecule has 2 amide bonds. The number of amides is 2. The molecule has 1 aliphatic heterocycles. The molecule has 1 aliphatic carbocycles. The number of aromatic amines is 1. The van der Waals surface area contributed by atoms with Crippen molar-refractivity contribution in [2.24, 2.45) is 5.92 Å². The van der Waals surface area contributed by atoms with Crippen LogP contribution in [0.15, 0.2) is 29.3 Å². The van der Waals surface area contributed by atoms with Crippen molar-refractivity contribution in [2.45, 2.75) is 59.0 Å². The van der Waals surface area contributed by atoms with E-state index in [-0.39, 0.29) is 30.6 Å². The molecule has 0 spiro atoms. The number of carbonyl (C=O) groups excluding carboxylic acids is 2. The molecule has 9 heteroatoms. The second-order valence-electron chi connectivity index (χ2n) is 8.81. The van der Waals surface area contributed by atoms with E-state index in [1.807, 2.05) is 6.07 Å². The average Bonchev–Trinajstić information content (AvgIpc) is 3.15. The molecule has 3 N–H and O–H groups in total. The van der Waals surface area contributed by atoms with E-state index < -0.39 is 11.4 Å². The maximum Gasteiger partial charge on any atom is 0.275 e. The minimum absolute atomic E-state index is 0.155. The normalized spacial score (nSPS) is 15.2. The van der Waals surface area contributed by atoms with E-state index in [4.69, 9.17) is 0 Å². The first-order chi connectivity index (χ1) is 15.8. The van der Waals surface area contributed by atoms with Gasteiger partial charge < -0.3 is 20.2 Å². The summed E-state index contributed by atoms with van der Waals surface area (Å²) in [6.45, 7) is 4.03. The summed E-state index contributed by atoms with van der Waals surface area (Å²) in [5.41, 5.74) is 2.36. The third-order valence-electron chi connectivity index (χ3n) is 6.20. The molecule has 33 heavy (non-hydrogen) atoms. The first kappa shape index (κ1) is 22.7. The SMILES string of the molecule is CC1CCC1.Cc1cc2c(c(=O)n1CC(=O)NCc1cnc3[nH]cc(F)c3c1)NC(=O)CC2. The van der Waals surface area contributed by atoms with Crippen molar-refractivity contribution in [3.05, 3.63) is 57.5 Å². The molecule has 0 unspecified atom stereocenters. The van der Waals surface area contributed by atoms with Gasteiger partial charge in [0.05, 0.1) is 5.39 Å². The molecule has 174 valence electrons. The van der Waals surface area contributed by atoms with Crippen LogP contribution in [0, 0.1) is 18.7 Å². The molecule has 3 aromatic heterocycles. The van der Waals surface area contributed by atoms with Gasteiger partial charge in [0.1, 0.15) is 23.7 Å². The summed E-state index contributed by atoms with van der Waals surface area (Å²) >= 11 is 0. The zero-order chi connectivity index (χ0) is 23.5. The van der Waals surface area contributed by atoms with Crippen LogP contribution in [0.1, 0.15) is 49.4 Å². The number of nitrogens with one attached hydrogen (secondary N) is 3. The van der Waals surface area contributed by atoms with Crippen molar-refractivity contribution in [3.63, 3.8) is 0 Å². The van der Waals surface area contributed by atoms with Crippen molar-refractivity contribution in [1.82, 2.24) is 19.9 Å². The highest BCUT2D eigenvalue weighted by molar-refractivity contribution is 5.93. The molecule has 0 atom stereocenters. The average molecular weight is 454 g/mol. The molecule has 8 nitrogen and oxygen atoms in total. The van der Waals surface area contributed by atoms with Crippen molar-refractivity contribution < 1.29 is 14.0 Å². The number of nitrogens with zero attached hydrogens (tertiary/aromatic N) is 2. The number of halogens is 1. The summed E-state index contributed by atoms with van der Waals surface area (Å²) in [6.07, 6.45) is 8.08. The van der Waals surface area contributed by atoms with Gasteiger partial charge in [0, 0.05) is 31.1 Å². The summed E-state index contributed by atoms with van der Waals surface area (Å²) in [4.78, 5) is 43.4. The fourth-order valence-electron chi connectivity index (χ4n) is 3.94. The third-order valence-corrected chi connectivity index (χ3v) is 6.20. The molecule has 1 saturated carbocycles. The maximum atomic E-state index is 13.6. The molecule has 0 saturated heterocycles. The Morgan fingerprint density at radius 2 is 2.03 bits per heavy atom. The number of rotatable bonds is 4. The lowest BCUT2D eigenvalue weighted by atomic mass is 9.88. The molecule has 5 rings (SSSR count). The fraction of sp³-hybridized carbons (Fsp3) is 0.417. The Kier molecular flexibility index (Phi) is 6.57. The Balaban J connectivity index is 0.000000459. The van der Waals surface area contributed by atoms with Gasteiger partial charge in [-0.2, -0.15) is 0 Å². The van der Waals surface area contributed by atoms with Crippen LogP contribution in [-0.2, 0) is 29.1 Å². The van der Waals surface area contributed by atoms with Gasteiger partial charge in [-0.3, -0.25) is 14.4 Å². The van der Waals surface area contributed by atoms with E-state index in [2.05, 4.69) is 27.5 Å². The van der Waals surface area contributed by atoms with Crippen LogP contribution in [0.25, 0.3) is 11.0 Å². The number of aryl methyl sites for hydroxylation is 2. The Hall–Kier alpha value is -3.49. The Bertz CT molecular complexity index is 1260. The number of fused-ring (bicyclic) bond motifs is 2. The van der Waals surface area contributed by atoms with Crippen LogP contribution < -0.4 is 16.2 Å². The Morgan fingerprint density at radius 3 is 2.73 bits per heavy atom. The topological polar surface area (TPSA) is 109 Å². The summed E-state index contributed by atoms with van der Waals surface area (Å²) in [5, 5.41) is 5.66. The summed E-state index contributed by atoms with van der Waals surface area (Å²) in [6, 6.07) is 3.43. The Labute approximate surface area is 190 Å². The zero-order valence-electron chi connectivity index (χ0n) is 18.8. The Morgan fingerprint density at radius 1 is 1.27 bits per heavy atom. The third kappa shape index (κ3) is 5.13. The molecule has 3 aromatic rings. The van der Waals surface area contributed by atoms with Gasteiger partial charge in [0.25, 0.3) is 5.56 Å². The number of hydrogen-bond donors (Lipinski definition) is 3. The number of carbonyl (C=O) groups is 2. The number of H-pyrrole nitrogens is 1. The van der Waals surface area contributed by atoms with Crippen molar-refractivity contribution >= 4 is 28.5 Å². The van der Waals surface area contributed by atoms with E-state index in [0.717, 1.165) is 11.5 Å². The number of pyridine rings is 2. The van der Waals surface area contributed by atoms with Crippen LogP contribution in [0.3, 0.4) is 0 Å². The molecule has 4 heterocycles. The first-order valence-corrected chi connectivity index (χ1v) is 11.2. The van der Waals surface area contributed by atoms with E-state index in [1.165, 1.54) is 30.0 Å². The molecular weight excluding hydrogens is 425 g/mol. The maximum absolute atomic E-state index is 13.6. The molecule has 0 radical (unpaired) electrons. The zero-order valence-corrected chi connectivity index (χ0v) is 18.8. The van der Waals surface area contributed by atoms with Gasteiger partial charge in [-0.1, -0.05) is 26.2 Å². The van der Waals surface area contributed by atoms with Crippen LogP contribution in [0.4, 0.5) is 10.1 Å². The van der Waals surface area contributed by atoms with Gasteiger partial charge in [0.15, 0.2) is 0 Å². The van der Waals surface area contributed by atoms with E-state index in [0.29, 0.717) is 35.1 Å². The summed E-state index contributed by atoms with van der Waals surface area (Å²) in [5.74, 6) is 0.0789. The molecule has 0 aromatic carbocycles. The van der Waals surface area contributed by atoms with Gasteiger partial charge in [-0.05, 0) is 42.5 Å². The summed E-state index contributed by atoms with van der Waals surface area (Å²) < 4.78 is 15.0. The highest BCUT2D eigenvalue weighted by atomic mass is 19.1. The molecule has 1 fully saturated rings. The fourth-order valence-corrected chi connectivity index (χ4v) is 3.94. The first-order valence-electron chi connectivity index (χ1n) is 11.2. The highest BCUT2D eigenvalue weighted by Gasteiger charge is 2.21. The lowest BCUT2D eigenvalue weighted by Gasteiger charge is -2.19. The number of anilines is 1. The molecule has 2 aliphatic rings. The quantitative estimate of drug-likeness (QED) is 0.564.